The first-order valence-corrected chi connectivity index (χ1v) is 12.2. The van der Waals surface area contributed by atoms with Gasteiger partial charge in [-0.05, 0) is 42.8 Å². The second kappa shape index (κ2) is 9.18. The van der Waals surface area contributed by atoms with Crippen molar-refractivity contribution in [2.45, 2.75) is 38.5 Å². The minimum absolute atomic E-state index is 0.110. The molecule has 0 aliphatic rings. The van der Waals surface area contributed by atoms with E-state index in [-0.39, 0.29) is 11.8 Å². The summed E-state index contributed by atoms with van der Waals surface area (Å²) in [4.78, 5) is 26.5. The molecule has 1 unspecified atom stereocenters. The van der Waals surface area contributed by atoms with Crippen LogP contribution in [-0.2, 0) is 4.79 Å². The lowest BCUT2D eigenvalue weighted by Gasteiger charge is -2.12. The maximum Gasteiger partial charge on any atom is 0.217 e. The predicted octanol–water partition coefficient (Wildman–Crippen LogP) is 4.80. The summed E-state index contributed by atoms with van der Waals surface area (Å²) < 4.78 is 1.79. The van der Waals surface area contributed by atoms with Gasteiger partial charge in [0.25, 0.3) is 0 Å². The quantitative estimate of drug-likeness (QED) is 0.335. The molecule has 0 saturated carbocycles. The topological polar surface area (TPSA) is 125 Å². The van der Waals surface area contributed by atoms with Gasteiger partial charge in [-0.1, -0.05) is 31.2 Å². The number of nitrogen functional groups attached to an aromatic ring is 1. The molecule has 5 rings (SSSR count). The molecule has 1 aromatic carbocycles. The smallest absolute Gasteiger partial charge is 0.217 e. The summed E-state index contributed by atoms with van der Waals surface area (Å²) in [5.74, 6) is 1.00. The Morgan fingerprint density at radius 1 is 1.18 bits per heavy atom. The van der Waals surface area contributed by atoms with Crippen LogP contribution in [0.4, 0.5) is 5.82 Å². The van der Waals surface area contributed by atoms with Gasteiger partial charge in [-0.2, -0.15) is 5.10 Å². The van der Waals surface area contributed by atoms with E-state index in [1.807, 2.05) is 35.7 Å². The summed E-state index contributed by atoms with van der Waals surface area (Å²) in [6.45, 7) is 2.10. The molecule has 1 atom stereocenters. The van der Waals surface area contributed by atoms with Crippen LogP contribution in [-0.4, -0.2) is 30.5 Å². The van der Waals surface area contributed by atoms with Crippen LogP contribution in [0.5, 0.6) is 0 Å². The number of rotatable bonds is 8. The fraction of sp³-hybridized carbons (Fsp3) is 0.240. The van der Waals surface area contributed by atoms with Gasteiger partial charge in [0, 0.05) is 23.3 Å². The third kappa shape index (κ3) is 4.10. The van der Waals surface area contributed by atoms with Crippen LogP contribution in [0.25, 0.3) is 38.2 Å². The molecule has 0 aliphatic heterocycles. The van der Waals surface area contributed by atoms with E-state index < -0.39 is 0 Å². The van der Waals surface area contributed by atoms with Crippen LogP contribution in [0.15, 0.2) is 54.2 Å². The Labute approximate surface area is 200 Å². The Balaban J connectivity index is 1.61. The maximum atomic E-state index is 11.2. The van der Waals surface area contributed by atoms with E-state index in [0.29, 0.717) is 24.2 Å². The first-order chi connectivity index (χ1) is 16.5. The summed E-state index contributed by atoms with van der Waals surface area (Å²) in [6.07, 6.45) is 4.13. The first-order valence-electron chi connectivity index (χ1n) is 11.3. The standard InChI is InChI=1S/C25H25N7OS/c1-2-15(5-3-7-21(26)33)25-31-22(23-24(27)28-14-29-32(23)25)17-9-8-16-10-11-18(30-19(16)13-17)20-6-4-12-34-20/h4,6,8-15H,2-3,5,7H2,1H3,(H2,26,33)(H2,27,28,29). The lowest BCUT2D eigenvalue weighted by atomic mass is 9.98. The number of hydrogen-bond donors (Lipinski definition) is 2. The molecule has 1 amide bonds. The van der Waals surface area contributed by atoms with E-state index in [4.69, 9.17) is 21.4 Å². The average Bonchev–Trinajstić information content (AvgIpc) is 3.50. The van der Waals surface area contributed by atoms with Gasteiger partial charge in [0.2, 0.25) is 5.91 Å². The zero-order chi connectivity index (χ0) is 23.7. The number of primary amides is 1. The van der Waals surface area contributed by atoms with Crippen molar-refractivity contribution in [3.05, 3.63) is 60.0 Å². The van der Waals surface area contributed by atoms with Gasteiger partial charge in [-0.25, -0.2) is 19.5 Å². The Kier molecular flexibility index (Phi) is 5.93. The average molecular weight is 472 g/mol. The van der Waals surface area contributed by atoms with Crippen molar-refractivity contribution in [2.75, 3.05) is 5.73 Å². The summed E-state index contributed by atoms with van der Waals surface area (Å²) in [5, 5.41) is 7.57. The highest BCUT2D eigenvalue weighted by Gasteiger charge is 2.23. The highest BCUT2D eigenvalue weighted by Crippen LogP contribution is 2.34. The first kappa shape index (κ1) is 22.0. The van der Waals surface area contributed by atoms with Crippen LogP contribution in [0, 0.1) is 0 Å². The Hall–Kier alpha value is -3.85. The second-order valence-electron chi connectivity index (χ2n) is 8.27. The van der Waals surface area contributed by atoms with Crippen molar-refractivity contribution >= 4 is 39.5 Å². The molecular weight excluding hydrogens is 446 g/mol. The molecular formula is C25H25N7OS. The fourth-order valence-corrected chi connectivity index (χ4v) is 5.00. The van der Waals surface area contributed by atoms with E-state index in [9.17, 15) is 4.79 Å². The van der Waals surface area contributed by atoms with E-state index in [2.05, 4.69) is 29.1 Å². The molecule has 0 aliphatic carbocycles. The van der Waals surface area contributed by atoms with Gasteiger partial charge in [0.05, 0.1) is 16.1 Å². The van der Waals surface area contributed by atoms with Crippen molar-refractivity contribution < 1.29 is 4.79 Å². The largest absolute Gasteiger partial charge is 0.382 e. The number of amides is 1. The Morgan fingerprint density at radius 2 is 2.03 bits per heavy atom. The number of pyridine rings is 1. The van der Waals surface area contributed by atoms with Gasteiger partial charge < -0.3 is 11.5 Å². The normalized spacial score (nSPS) is 12.4. The number of thiophene rings is 1. The van der Waals surface area contributed by atoms with Gasteiger partial charge in [-0.3, -0.25) is 4.79 Å². The van der Waals surface area contributed by atoms with Crippen LogP contribution in [0.1, 0.15) is 44.3 Å². The minimum atomic E-state index is -0.291. The molecule has 0 fully saturated rings. The zero-order valence-corrected chi connectivity index (χ0v) is 19.6. The molecule has 34 heavy (non-hydrogen) atoms. The van der Waals surface area contributed by atoms with Crippen LogP contribution in [0.2, 0.25) is 0 Å². The maximum absolute atomic E-state index is 11.2. The lowest BCUT2D eigenvalue weighted by molar-refractivity contribution is -0.118. The molecule has 9 heteroatoms. The number of anilines is 1. The fourth-order valence-electron chi connectivity index (χ4n) is 4.31. The molecule has 4 N–H and O–H groups in total. The van der Waals surface area contributed by atoms with E-state index in [1.165, 1.54) is 6.33 Å². The Morgan fingerprint density at radius 3 is 2.79 bits per heavy atom. The third-order valence-corrected chi connectivity index (χ3v) is 6.95. The minimum Gasteiger partial charge on any atom is -0.382 e. The van der Waals surface area contributed by atoms with Crippen molar-refractivity contribution in [2.24, 2.45) is 5.73 Å². The van der Waals surface area contributed by atoms with Gasteiger partial charge in [-0.15, -0.1) is 11.3 Å². The molecule has 4 aromatic heterocycles. The number of nitrogens with two attached hydrogens (primary N) is 2. The Bertz CT molecular complexity index is 1480. The molecule has 0 radical (unpaired) electrons. The zero-order valence-electron chi connectivity index (χ0n) is 18.8. The van der Waals surface area contributed by atoms with Crippen LogP contribution < -0.4 is 11.5 Å². The molecule has 8 nitrogen and oxygen atoms in total. The summed E-state index contributed by atoms with van der Waals surface area (Å²) in [7, 11) is 0. The number of carbonyl (C=O) groups is 1. The highest BCUT2D eigenvalue weighted by atomic mass is 32.1. The summed E-state index contributed by atoms with van der Waals surface area (Å²) in [5.41, 5.74) is 15.8. The molecule has 4 heterocycles. The third-order valence-electron chi connectivity index (χ3n) is 6.06. The number of hydrogen-bond acceptors (Lipinski definition) is 7. The second-order valence-corrected chi connectivity index (χ2v) is 9.22. The van der Waals surface area contributed by atoms with Gasteiger partial charge in [0.15, 0.2) is 5.82 Å². The van der Waals surface area contributed by atoms with Crippen molar-refractivity contribution in [1.29, 1.82) is 0 Å². The number of imidazole rings is 1. The molecule has 0 bridgehead atoms. The lowest BCUT2D eigenvalue weighted by Crippen LogP contribution is -2.12. The number of aromatic nitrogens is 5. The van der Waals surface area contributed by atoms with E-state index in [0.717, 1.165) is 51.4 Å². The molecule has 0 spiro atoms. The monoisotopic (exact) mass is 471 g/mol. The SMILES string of the molecule is CCC(CCCC(N)=O)c1nc(-c2ccc3ccc(-c4cccs4)nc3c2)c2c(N)ncnn12. The number of carbonyl (C=O) groups excluding carboxylic acids is 1. The van der Waals surface area contributed by atoms with Crippen molar-refractivity contribution in [3.63, 3.8) is 0 Å². The summed E-state index contributed by atoms with van der Waals surface area (Å²) in [6, 6.07) is 14.3. The van der Waals surface area contributed by atoms with Crippen LogP contribution in [0.3, 0.4) is 0 Å². The van der Waals surface area contributed by atoms with Crippen molar-refractivity contribution in [1.82, 2.24) is 24.6 Å². The van der Waals surface area contributed by atoms with Crippen LogP contribution >= 0.6 is 11.3 Å². The van der Waals surface area contributed by atoms with Gasteiger partial charge in [0.1, 0.15) is 23.4 Å². The predicted molar refractivity (Wildman–Crippen MR) is 135 cm³/mol. The number of fused-ring (bicyclic) bond motifs is 2. The number of nitrogens with zero attached hydrogens (tertiary/aromatic N) is 5. The highest BCUT2D eigenvalue weighted by molar-refractivity contribution is 7.13. The molecule has 172 valence electrons. The van der Waals surface area contributed by atoms with E-state index >= 15 is 0 Å². The molecule has 0 saturated heterocycles. The van der Waals surface area contributed by atoms with Gasteiger partial charge >= 0.3 is 0 Å². The van der Waals surface area contributed by atoms with E-state index in [1.54, 1.807) is 15.9 Å². The number of benzene rings is 1. The van der Waals surface area contributed by atoms with Crippen molar-refractivity contribution in [3.8, 4) is 21.8 Å². The molecule has 5 aromatic rings. The summed E-state index contributed by atoms with van der Waals surface area (Å²) >= 11 is 1.67.